The number of rotatable bonds is 2. The molecule has 0 atom stereocenters. The Morgan fingerprint density at radius 1 is 1.23 bits per heavy atom. The number of hydrogen-bond acceptors (Lipinski definition) is 3. The van der Waals surface area contributed by atoms with Crippen LogP contribution in [-0.4, -0.2) is 16.8 Å². The van der Waals surface area contributed by atoms with Gasteiger partial charge in [-0.05, 0) is 56.5 Å². The van der Waals surface area contributed by atoms with E-state index in [1.165, 1.54) is 6.07 Å². The van der Waals surface area contributed by atoms with Crippen LogP contribution in [0.2, 0.25) is 0 Å². The predicted molar refractivity (Wildman–Crippen MR) is 57.9 cm³/mol. The van der Waals surface area contributed by atoms with E-state index in [1.54, 1.807) is 0 Å². The smallest absolute Gasteiger partial charge is 0.173 e. The van der Waals surface area contributed by atoms with Crippen molar-refractivity contribution in [2.24, 2.45) is 5.73 Å². The van der Waals surface area contributed by atoms with Crippen molar-refractivity contribution in [2.45, 2.75) is 6.42 Å². The number of halogens is 2. The third kappa shape index (κ3) is 2.15. The van der Waals surface area contributed by atoms with Gasteiger partial charge in [0.05, 0.1) is 4.47 Å². The van der Waals surface area contributed by atoms with E-state index in [0.717, 1.165) is 10.0 Å². The van der Waals surface area contributed by atoms with Crippen molar-refractivity contribution >= 4 is 31.9 Å². The number of phenols is 2. The lowest BCUT2D eigenvalue weighted by Crippen LogP contribution is -2.03. The van der Waals surface area contributed by atoms with Gasteiger partial charge in [-0.25, -0.2) is 0 Å². The fraction of sp³-hybridized carbons (Fsp3) is 0.250. The second kappa shape index (κ2) is 4.30. The molecule has 0 unspecified atom stereocenters. The number of aromatic hydroxyl groups is 2. The van der Waals surface area contributed by atoms with Crippen LogP contribution in [0.15, 0.2) is 15.0 Å². The van der Waals surface area contributed by atoms with Gasteiger partial charge in [-0.1, -0.05) is 0 Å². The van der Waals surface area contributed by atoms with E-state index in [-0.39, 0.29) is 11.5 Å². The lowest BCUT2D eigenvalue weighted by atomic mass is 10.1. The first-order valence-corrected chi connectivity index (χ1v) is 5.25. The van der Waals surface area contributed by atoms with Gasteiger partial charge < -0.3 is 15.9 Å². The summed E-state index contributed by atoms with van der Waals surface area (Å²) in [4.78, 5) is 0. The number of nitrogens with two attached hydrogens (primary N) is 1. The fourth-order valence-corrected chi connectivity index (χ4v) is 1.95. The molecule has 4 N–H and O–H groups in total. The molecule has 0 aromatic heterocycles. The molecule has 72 valence electrons. The summed E-state index contributed by atoms with van der Waals surface area (Å²) in [6.45, 7) is 0.495. The molecule has 0 radical (unpaired) electrons. The molecule has 1 aromatic rings. The van der Waals surface area contributed by atoms with Crippen LogP contribution >= 0.6 is 31.9 Å². The van der Waals surface area contributed by atoms with Crippen molar-refractivity contribution < 1.29 is 10.2 Å². The van der Waals surface area contributed by atoms with Crippen LogP contribution in [0.5, 0.6) is 11.5 Å². The van der Waals surface area contributed by atoms with E-state index in [2.05, 4.69) is 31.9 Å². The zero-order chi connectivity index (χ0) is 10.0. The van der Waals surface area contributed by atoms with Gasteiger partial charge >= 0.3 is 0 Å². The van der Waals surface area contributed by atoms with E-state index in [0.29, 0.717) is 17.4 Å². The summed E-state index contributed by atoms with van der Waals surface area (Å²) in [7, 11) is 0. The van der Waals surface area contributed by atoms with Gasteiger partial charge in [0, 0.05) is 4.47 Å². The van der Waals surface area contributed by atoms with Crippen molar-refractivity contribution in [3.63, 3.8) is 0 Å². The largest absolute Gasteiger partial charge is 0.504 e. The van der Waals surface area contributed by atoms with Gasteiger partial charge in [0.25, 0.3) is 0 Å². The van der Waals surface area contributed by atoms with Crippen LogP contribution in [0, 0.1) is 0 Å². The molecule has 0 bridgehead atoms. The molecule has 0 fully saturated rings. The van der Waals surface area contributed by atoms with Gasteiger partial charge in [-0.3, -0.25) is 0 Å². The van der Waals surface area contributed by atoms with E-state index in [9.17, 15) is 10.2 Å². The molecule has 5 heteroatoms. The molecule has 0 heterocycles. The van der Waals surface area contributed by atoms with Crippen LogP contribution in [0.4, 0.5) is 0 Å². The van der Waals surface area contributed by atoms with Gasteiger partial charge in [0.15, 0.2) is 11.5 Å². The van der Waals surface area contributed by atoms with E-state index >= 15 is 0 Å². The minimum Gasteiger partial charge on any atom is -0.504 e. The number of hydrogen-bond donors (Lipinski definition) is 3. The Hall–Kier alpha value is -0.260. The summed E-state index contributed by atoms with van der Waals surface area (Å²) in [5.41, 5.74) is 6.25. The van der Waals surface area contributed by atoms with Crippen LogP contribution in [0.25, 0.3) is 0 Å². The summed E-state index contributed by atoms with van der Waals surface area (Å²) in [5.74, 6) is -0.300. The Morgan fingerprint density at radius 2 is 1.85 bits per heavy atom. The lowest BCUT2D eigenvalue weighted by Gasteiger charge is -2.08. The standard InChI is InChI=1S/C8H9Br2NO2/c9-6-4(1-2-11)3-5(12)8(13)7(6)10/h3,12-13H,1-2,11H2. The molecule has 0 saturated heterocycles. The van der Waals surface area contributed by atoms with Crippen LogP contribution in [0.3, 0.4) is 0 Å². The van der Waals surface area contributed by atoms with Crippen LogP contribution < -0.4 is 5.73 Å². The minimum absolute atomic E-state index is 0.140. The summed E-state index contributed by atoms with van der Waals surface area (Å²) in [6, 6.07) is 1.50. The highest BCUT2D eigenvalue weighted by atomic mass is 79.9. The van der Waals surface area contributed by atoms with Crippen molar-refractivity contribution in [3.05, 3.63) is 20.6 Å². The van der Waals surface area contributed by atoms with Crippen LogP contribution in [0.1, 0.15) is 5.56 Å². The second-order valence-corrected chi connectivity index (χ2v) is 4.16. The maximum atomic E-state index is 9.32. The third-order valence-electron chi connectivity index (χ3n) is 1.65. The first-order valence-electron chi connectivity index (χ1n) is 3.66. The molecule has 0 spiro atoms. The summed E-state index contributed by atoms with van der Waals surface area (Å²) in [5, 5.41) is 18.6. The lowest BCUT2D eigenvalue weighted by molar-refractivity contribution is 0.400. The Bertz CT molecular complexity index is 328. The molecule has 0 aliphatic rings. The molecule has 1 rings (SSSR count). The minimum atomic E-state index is -0.160. The third-order valence-corrected chi connectivity index (χ3v) is 3.86. The Morgan fingerprint density at radius 3 is 2.38 bits per heavy atom. The molecule has 0 saturated carbocycles. The Kier molecular flexibility index (Phi) is 3.58. The van der Waals surface area contributed by atoms with Crippen LogP contribution in [-0.2, 0) is 6.42 Å². The maximum absolute atomic E-state index is 9.32. The fourth-order valence-electron chi connectivity index (χ4n) is 0.992. The average molecular weight is 311 g/mol. The molecule has 3 nitrogen and oxygen atoms in total. The zero-order valence-electron chi connectivity index (χ0n) is 6.72. The number of phenolic OH excluding ortho intramolecular Hbond substituents is 2. The molecule has 1 aromatic carbocycles. The number of benzene rings is 1. The van der Waals surface area contributed by atoms with Crippen molar-refractivity contribution in [2.75, 3.05) is 6.54 Å². The summed E-state index contributed by atoms with van der Waals surface area (Å²) < 4.78 is 1.18. The normalized spacial score (nSPS) is 10.4. The highest BCUT2D eigenvalue weighted by Crippen LogP contribution is 2.41. The highest BCUT2D eigenvalue weighted by molar-refractivity contribution is 9.13. The SMILES string of the molecule is NCCc1cc(O)c(O)c(Br)c1Br. The first-order chi connectivity index (χ1) is 6.07. The Balaban J connectivity index is 3.24. The highest BCUT2D eigenvalue weighted by Gasteiger charge is 2.12. The zero-order valence-corrected chi connectivity index (χ0v) is 9.89. The van der Waals surface area contributed by atoms with Crippen molar-refractivity contribution in [1.82, 2.24) is 0 Å². The summed E-state index contributed by atoms with van der Waals surface area (Å²) >= 11 is 6.45. The molecular formula is C8H9Br2NO2. The van der Waals surface area contributed by atoms with Gasteiger partial charge in [-0.15, -0.1) is 0 Å². The van der Waals surface area contributed by atoms with Crippen molar-refractivity contribution in [3.8, 4) is 11.5 Å². The first kappa shape index (κ1) is 10.8. The second-order valence-electron chi connectivity index (χ2n) is 2.57. The summed E-state index contributed by atoms with van der Waals surface area (Å²) in [6.07, 6.45) is 0.646. The van der Waals surface area contributed by atoms with Gasteiger partial charge in [-0.2, -0.15) is 0 Å². The maximum Gasteiger partial charge on any atom is 0.173 e. The van der Waals surface area contributed by atoms with E-state index in [1.807, 2.05) is 0 Å². The van der Waals surface area contributed by atoms with Gasteiger partial charge in [0.1, 0.15) is 0 Å². The van der Waals surface area contributed by atoms with E-state index in [4.69, 9.17) is 5.73 Å². The molecular weight excluding hydrogens is 302 g/mol. The predicted octanol–water partition coefficient (Wildman–Crippen LogP) is 2.12. The van der Waals surface area contributed by atoms with Gasteiger partial charge in [0.2, 0.25) is 0 Å². The molecule has 0 aliphatic carbocycles. The van der Waals surface area contributed by atoms with Crippen molar-refractivity contribution in [1.29, 1.82) is 0 Å². The quantitative estimate of drug-likeness (QED) is 0.733. The van der Waals surface area contributed by atoms with E-state index < -0.39 is 0 Å². The topological polar surface area (TPSA) is 66.5 Å². The molecule has 0 aliphatic heterocycles. The molecule has 13 heavy (non-hydrogen) atoms. The Labute approximate surface area is 92.8 Å². The average Bonchev–Trinajstić information content (AvgIpc) is 2.11. The molecule has 0 amide bonds. The monoisotopic (exact) mass is 309 g/mol.